The van der Waals surface area contributed by atoms with Gasteiger partial charge < -0.3 is 9.26 Å². The first-order valence-electron chi connectivity index (χ1n) is 5.20. The van der Waals surface area contributed by atoms with Crippen molar-refractivity contribution in [2.45, 2.75) is 13.3 Å². The Morgan fingerprint density at radius 2 is 2.00 bits per heavy atom. The van der Waals surface area contributed by atoms with Crippen molar-refractivity contribution in [1.82, 2.24) is 5.16 Å². The van der Waals surface area contributed by atoms with Crippen molar-refractivity contribution in [3.63, 3.8) is 0 Å². The predicted molar refractivity (Wildman–Crippen MR) is 64.3 cm³/mol. The van der Waals surface area contributed by atoms with Gasteiger partial charge in [-0.1, -0.05) is 36.3 Å². The average Bonchev–Trinajstić information content (AvgIpc) is 2.84. The van der Waals surface area contributed by atoms with Crippen LogP contribution >= 0.6 is 0 Å². The molecule has 0 amide bonds. The molecular weight excluding hydrogens is 202 g/mol. The number of rotatable bonds is 2. The van der Waals surface area contributed by atoms with E-state index in [0.717, 1.165) is 12.0 Å². The van der Waals surface area contributed by atoms with Crippen LogP contribution in [0.4, 0.5) is 0 Å². The number of nitrogens with zero attached hydrogens (tertiary/aromatic N) is 1. The van der Waals surface area contributed by atoms with Gasteiger partial charge in [-0.3, -0.25) is 0 Å². The van der Waals surface area contributed by atoms with Crippen LogP contribution in [0.5, 0.6) is 0 Å². The molecule has 0 N–H and O–H groups in total. The summed E-state index contributed by atoms with van der Waals surface area (Å²) in [6, 6.07) is 8.40. The zero-order valence-electron chi connectivity index (χ0n) is 9.93. The predicted octanol–water partition coefficient (Wildman–Crippen LogP) is 3.17. The number of aryl methyl sites for hydroxylation is 1. The molecule has 0 spiro atoms. The Morgan fingerprint density at radius 1 is 1.25 bits per heavy atom. The van der Waals surface area contributed by atoms with Crippen molar-refractivity contribution in [3.8, 4) is 11.1 Å². The minimum absolute atomic E-state index is 1.04. The van der Waals surface area contributed by atoms with E-state index in [1.54, 1.807) is 26.7 Å². The van der Waals surface area contributed by atoms with E-state index in [0.29, 0.717) is 0 Å². The third-order valence-corrected chi connectivity index (χ3v) is 2.10. The standard InChI is InChI=1S/C11H11NO.C2H6O/c1-2-9-4-3-5-10(6-9)11-7-12-13-8-11;1-3-2/h3-8H,2H2,1H3;1-2H3. The molecule has 16 heavy (non-hydrogen) atoms. The van der Waals surface area contributed by atoms with Crippen LogP contribution in [-0.4, -0.2) is 19.4 Å². The lowest BCUT2D eigenvalue weighted by atomic mass is 10.1. The fourth-order valence-corrected chi connectivity index (χ4v) is 1.32. The number of ether oxygens (including phenoxy) is 1. The maximum absolute atomic E-state index is 4.79. The average molecular weight is 219 g/mol. The van der Waals surface area contributed by atoms with E-state index in [2.05, 4.69) is 41.1 Å². The molecule has 0 bridgehead atoms. The van der Waals surface area contributed by atoms with Gasteiger partial charge in [-0.25, -0.2) is 0 Å². The molecule has 3 nitrogen and oxygen atoms in total. The van der Waals surface area contributed by atoms with Crippen molar-refractivity contribution in [3.05, 3.63) is 42.3 Å². The maximum Gasteiger partial charge on any atom is 0.131 e. The summed E-state index contributed by atoms with van der Waals surface area (Å²) >= 11 is 0. The molecule has 2 rings (SSSR count). The van der Waals surface area contributed by atoms with Gasteiger partial charge in [0.15, 0.2) is 0 Å². The van der Waals surface area contributed by atoms with Crippen LogP contribution < -0.4 is 0 Å². The zero-order valence-corrected chi connectivity index (χ0v) is 9.93. The second-order valence-electron chi connectivity index (χ2n) is 3.38. The first-order chi connectivity index (χ1) is 7.81. The van der Waals surface area contributed by atoms with Crippen LogP contribution in [0.2, 0.25) is 0 Å². The lowest BCUT2D eigenvalue weighted by molar-refractivity contribution is 0.277. The van der Waals surface area contributed by atoms with Crippen LogP contribution in [0.25, 0.3) is 11.1 Å². The van der Waals surface area contributed by atoms with Crippen molar-refractivity contribution in [2.75, 3.05) is 14.2 Å². The van der Waals surface area contributed by atoms with Crippen molar-refractivity contribution in [2.24, 2.45) is 0 Å². The zero-order chi connectivity index (χ0) is 11.8. The molecule has 0 radical (unpaired) electrons. The van der Waals surface area contributed by atoms with Gasteiger partial charge in [-0.2, -0.15) is 0 Å². The van der Waals surface area contributed by atoms with Gasteiger partial charge in [0, 0.05) is 19.8 Å². The molecule has 2 aromatic rings. The van der Waals surface area contributed by atoms with Crippen molar-refractivity contribution >= 4 is 0 Å². The lowest BCUT2D eigenvalue weighted by Gasteiger charge is -1.99. The summed E-state index contributed by atoms with van der Waals surface area (Å²) in [6.45, 7) is 2.15. The van der Waals surface area contributed by atoms with Gasteiger partial charge in [-0.05, 0) is 17.5 Å². The molecule has 1 aromatic carbocycles. The highest BCUT2D eigenvalue weighted by atomic mass is 16.5. The third kappa shape index (κ3) is 3.51. The first-order valence-corrected chi connectivity index (χ1v) is 5.20. The quantitative estimate of drug-likeness (QED) is 0.778. The summed E-state index contributed by atoms with van der Waals surface area (Å²) in [5.41, 5.74) is 3.54. The summed E-state index contributed by atoms with van der Waals surface area (Å²) in [5, 5.41) is 3.68. The highest BCUT2D eigenvalue weighted by Gasteiger charge is 1.99. The Morgan fingerprint density at radius 3 is 2.56 bits per heavy atom. The fraction of sp³-hybridized carbons (Fsp3) is 0.308. The topological polar surface area (TPSA) is 35.3 Å². The molecule has 0 aliphatic heterocycles. The van der Waals surface area contributed by atoms with E-state index in [-0.39, 0.29) is 0 Å². The van der Waals surface area contributed by atoms with Crippen molar-refractivity contribution < 1.29 is 9.26 Å². The molecule has 1 aromatic heterocycles. The number of hydrogen-bond donors (Lipinski definition) is 0. The molecule has 0 unspecified atom stereocenters. The van der Waals surface area contributed by atoms with Crippen LogP contribution in [0.3, 0.4) is 0 Å². The molecule has 3 heteroatoms. The number of benzene rings is 1. The minimum atomic E-state index is 1.04. The molecule has 0 aliphatic carbocycles. The first kappa shape index (κ1) is 12.5. The number of methoxy groups -OCH3 is 1. The normalized spacial score (nSPS) is 9.44. The Hall–Kier alpha value is -1.61. The molecule has 0 saturated heterocycles. The largest absolute Gasteiger partial charge is 0.388 e. The van der Waals surface area contributed by atoms with E-state index < -0.39 is 0 Å². The maximum atomic E-state index is 4.79. The molecule has 86 valence electrons. The Balaban J connectivity index is 0.000000386. The third-order valence-electron chi connectivity index (χ3n) is 2.10. The molecule has 0 saturated carbocycles. The van der Waals surface area contributed by atoms with Crippen LogP contribution in [0.1, 0.15) is 12.5 Å². The van der Waals surface area contributed by atoms with E-state index in [4.69, 9.17) is 4.52 Å². The summed E-state index contributed by atoms with van der Waals surface area (Å²) in [5.74, 6) is 0. The van der Waals surface area contributed by atoms with E-state index in [1.165, 1.54) is 11.1 Å². The SMILES string of the molecule is CCc1cccc(-c2cnoc2)c1.COC. The van der Waals surface area contributed by atoms with Crippen molar-refractivity contribution in [1.29, 1.82) is 0 Å². The Kier molecular flexibility index (Phi) is 5.29. The van der Waals surface area contributed by atoms with Crippen LogP contribution in [0.15, 0.2) is 41.2 Å². The lowest BCUT2D eigenvalue weighted by Crippen LogP contribution is -1.80. The van der Waals surface area contributed by atoms with Gasteiger partial charge in [-0.15, -0.1) is 0 Å². The highest BCUT2D eigenvalue weighted by Crippen LogP contribution is 2.19. The van der Waals surface area contributed by atoms with Gasteiger partial charge in [0.25, 0.3) is 0 Å². The fourth-order valence-electron chi connectivity index (χ4n) is 1.32. The van der Waals surface area contributed by atoms with Gasteiger partial charge >= 0.3 is 0 Å². The number of aromatic nitrogens is 1. The van der Waals surface area contributed by atoms with E-state index in [9.17, 15) is 0 Å². The summed E-state index contributed by atoms with van der Waals surface area (Å²) in [4.78, 5) is 0. The van der Waals surface area contributed by atoms with Crippen LogP contribution in [0, 0.1) is 0 Å². The second kappa shape index (κ2) is 6.80. The van der Waals surface area contributed by atoms with Gasteiger partial charge in [0.2, 0.25) is 0 Å². The number of hydrogen-bond acceptors (Lipinski definition) is 3. The Bertz CT molecular complexity index is 396. The summed E-state index contributed by atoms with van der Waals surface area (Å²) in [7, 11) is 3.25. The van der Waals surface area contributed by atoms with Gasteiger partial charge in [0.05, 0.1) is 6.20 Å². The Labute approximate surface area is 96.0 Å². The highest BCUT2D eigenvalue weighted by molar-refractivity contribution is 5.61. The molecule has 0 atom stereocenters. The minimum Gasteiger partial charge on any atom is -0.388 e. The smallest absolute Gasteiger partial charge is 0.131 e. The molecule has 1 heterocycles. The molecule has 0 fully saturated rings. The summed E-state index contributed by atoms with van der Waals surface area (Å²) < 4.78 is 9.04. The second-order valence-corrected chi connectivity index (χ2v) is 3.38. The van der Waals surface area contributed by atoms with E-state index >= 15 is 0 Å². The summed E-state index contributed by atoms with van der Waals surface area (Å²) in [6.07, 6.45) is 4.45. The van der Waals surface area contributed by atoms with Crippen LogP contribution in [-0.2, 0) is 11.2 Å². The monoisotopic (exact) mass is 219 g/mol. The molecular formula is C13H17NO2. The van der Waals surface area contributed by atoms with Gasteiger partial charge in [0.1, 0.15) is 6.26 Å². The van der Waals surface area contributed by atoms with E-state index in [1.807, 2.05) is 0 Å². The molecule has 0 aliphatic rings.